The van der Waals surface area contributed by atoms with E-state index in [4.69, 9.17) is 0 Å². The van der Waals surface area contributed by atoms with E-state index in [1.807, 2.05) is 24.3 Å². The van der Waals surface area contributed by atoms with Crippen LogP contribution < -0.4 is 5.32 Å². The minimum atomic E-state index is -0.405. The van der Waals surface area contributed by atoms with Gasteiger partial charge in [0, 0.05) is 15.6 Å². The van der Waals surface area contributed by atoms with Gasteiger partial charge in [-0.1, -0.05) is 34.1 Å². The maximum Gasteiger partial charge on any atom is 0.258 e. The molecule has 3 aromatic rings. The van der Waals surface area contributed by atoms with Crippen molar-refractivity contribution in [1.29, 1.82) is 0 Å². The number of rotatable bonds is 3. The van der Waals surface area contributed by atoms with Crippen molar-refractivity contribution in [2.45, 2.75) is 0 Å². The Morgan fingerprint density at radius 1 is 1.14 bits per heavy atom. The Hall–Kier alpha value is -2.54. The molecule has 2 N–H and O–H groups in total. The van der Waals surface area contributed by atoms with Crippen LogP contribution in [0.15, 0.2) is 53.0 Å². The van der Waals surface area contributed by atoms with E-state index in [1.54, 1.807) is 0 Å². The number of hydrogen-bond donors (Lipinski definition) is 2. The van der Waals surface area contributed by atoms with Crippen molar-refractivity contribution >= 4 is 27.8 Å². The van der Waals surface area contributed by atoms with Gasteiger partial charge in [-0.15, -0.1) is 5.10 Å². The van der Waals surface area contributed by atoms with Crippen molar-refractivity contribution in [3.63, 3.8) is 0 Å². The number of benzene rings is 2. The van der Waals surface area contributed by atoms with Crippen LogP contribution in [0, 0.1) is 5.82 Å². The average Bonchev–Trinajstić information content (AvgIpc) is 2.96. The quantitative estimate of drug-likeness (QED) is 0.749. The lowest BCUT2D eigenvalue weighted by atomic mass is 10.2. The van der Waals surface area contributed by atoms with Gasteiger partial charge in [0.2, 0.25) is 5.95 Å². The fourth-order valence-corrected chi connectivity index (χ4v) is 2.34. The van der Waals surface area contributed by atoms with Crippen LogP contribution in [0.4, 0.5) is 10.3 Å². The first-order valence-electron chi connectivity index (χ1n) is 6.38. The molecule has 0 radical (unpaired) electrons. The first-order valence-corrected chi connectivity index (χ1v) is 7.17. The van der Waals surface area contributed by atoms with E-state index in [-0.39, 0.29) is 5.95 Å². The Bertz CT molecular complexity index is 816. The molecule has 1 amide bonds. The van der Waals surface area contributed by atoms with Crippen molar-refractivity contribution in [2.75, 3.05) is 5.32 Å². The second-order valence-electron chi connectivity index (χ2n) is 4.45. The SMILES string of the molecule is O=C(Nc1n[nH]c(-c2ccccc2Br)n1)c1ccc(F)cc1. The van der Waals surface area contributed by atoms with Gasteiger partial charge in [-0.2, -0.15) is 4.98 Å². The molecular formula is C15H10BrFN4O. The third-order valence-electron chi connectivity index (χ3n) is 2.95. The van der Waals surface area contributed by atoms with Crippen LogP contribution >= 0.6 is 15.9 Å². The number of halogens is 2. The Balaban J connectivity index is 1.78. The number of aromatic nitrogens is 3. The molecule has 0 spiro atoms. The van der Waals surface area contributed by atoms with Crippen molar-refractivity contribution in [1.82, 2.24) is 15.2 Å². The smallest absolute Gasteiger partial charge is 0.258 e. The molecule has 0 fully saturated rings. The zero-order valence-corrected chi connectivity index (χ0v) is 12.8. The van der Waals surface area contributed by atoms with Gasteiger partial charge >= 0.3 is 0 Å². The molecule has 1 aromatic heterocycles. The van der Waals surface area contributed by atoms with Crippen molar-refractivity contribution in [3.05, 3.63) is 64.4 Å². The minimum absolute atomic E-state index is 0.153. The number of carbonyl (C=O) groups is 1. The van der Waals surface area contributed by atoms with Gasteiger partial charge in [0.05, 0.1) is 0 Å². The zero-order chi connectivity index (χ0) is 15.5. The fraction of sp³-hybridized carbons (Fsp3) is 0. The molecule has 0 aliphatic rings. The topological polar surface area (TPSA) is 70.7 Å². The maximum absolute atomic E-state index is 12.8. The summed E-state index contributed by atoms with van der Waals surface area (Å²) in [6.45, 7) is 0. The molecule has 1 heterocycles. The number of nitrogens with zero attached hydrogens (tertiary/aromatic N) is 2. The predicted molar refractivity (Wildman–Crippen MR) is 83.9 cm³/mol. The van der Waals surface area contributed by atoms with Gasteiger partial charge < -0.3 is 0 Å². The minimum Gasteiger partial charge on any atom is -0.289 e. The summed E-state index contributed by atoms with van der Waals surface area (Å²) in [7, 11) is 0. The molecule has 2 aromatic carbocycles. The average molecular weight is 361 g/mol. The number of amides is 1. The lowest BCUT2D eigenvalue weighted by molar-refractivity contribution is 0.102. The molecule has 0 saturated heterocycles. The molecule has 0 unspecified atom stereocenters. The van der Waals surface area contributed by atoms with E-state index in [2.05, 4.69) is 36.4 Å². The second-order valence-corrected chi connectivity index (χ2v) is 5.30. The summed E-state index contributed by atoms with van der Waals surface area (Å²) in [6, 6.07) is 12.8. The van der Waals surface area contributed by atoms with Crippen LogP contribution in [0.1, 0.15) is 10.4 Å². The Kier molecular flexibility index (Phi) is 3.97. The predicted octanol–water partition coefficient (Wildman–Crippen LogP) is 3.63. The molecule has 0 aliphatic carbocycles. The highest BCUT2D eigenvalue weighted by Gasteiger charge is 2.12. The van der Waals surface area contributed by atoms with E-state index < -0.39 is 11.7 Å². The summed E-state index contributed by atoms with van der Waals surface area (Å²) in [6.07, 6.45) is 0. The van der Waals surface area contributed by atoms with E-state index in [9.17, 15) is 9.18 Å². The molecule has 0 saturated carbocycles. The summed E-state index contributed by atoms with van der Waals surface area (Å²) < 4.78 is 13.7. The number of anilines is 1. The van der Waals surface area contributed by atoms with Gasteiger partial charge in [-0.05, 0) is 30.3 Å². The van der Waals surface area contributed by atoms with Crippen LogP contribution in [0.5, 0.6) is 0 Å². The highest BCUT2D eigenvalue weighted by molar-refractivity contribution is 9.10. The first-order chi connectivity index (χ1) is 10.6. The molecule has 22 heavy (non-hydrogen) atoms. The van der Waals surface area contributed by atoms with Crippen molar-refractivity contribution in [2.24, 2.45) is 0 Å². The van der Waals surface area contributed by atoms with Crippen LogP contribution in [0.25, 0.3) is 11.4 Å². The molecule has 0 aliphatic heterocycles. The molecule has 7 heteroatoms. The van der Waals surface area contributed by atoms with E-state index in [0.29, 0.717) is 11.4 Å². The van der Waals surface area contributed by atoms with Gasteiger partial charge in [0.15, 0.2) is 5.82 Å². The zero-order valence-electron chi connectivity index (χ0n) is 11.2. The summed E-state index contributed by atoms with van der Waals surface area (Å²) in [5, 5.41) is 9.27. The van der Waals surface area contributed by atoms with Gasteiger partial charge in [0.25, 0.3) is 5.91 Å². The summed E-state index contributed by atoms with van der Waals surface area (Å²) >= 11 is 3.43. The Labute approximate surface area is 133 Å². The summed E-state index contributed by atoms with van der Waals surface area (Å²) in [4.78, 5) is 16.2. The lowest BCUT2D eigenvalue weighted by Crippen LogP contribution is -2.12. The normalized spacial score (nSPS) is 10.5. The number of nitrogens with one attached hydrogen (secondary N) is 2. The van der Waals surface area contributed by atoms with Crippen molar-refractivity contribution in [3.8, 4) is 11.4 Å². The highest BCUT2D eigenvalue weighted by Crippen LogP contribution is 2.25. The molecule has 5 nitrogen and oxygen atoms in total. The molecule has 110 valence electrons. The molecule has 0 atom stereocenters. The largest absolute Gasteiger partial charge is 0.289 e. The number of carbonyl (C=O) groups excluding carboxylic acids is 1. The van der Waals surface area contributed by atoms with Crippen LogP contribution in [-0.4, -0.2) is 21.1 Å². The lowest BCUT2D eigenvalue weighted by Gasteiger charge is -2.00. The number of hydrogen-bond acceptors (Lipinski definition) is 3. The van der Waals surface area contributed by atoms with Gasteiger partial charge in [-0.25, -0.2) is 4.39 Å². The summed E-state index contributed by atoms with van der Waals surface area (Å²) in [5.74, 6) is -0.120. The second kappa shape index (κ2) is 6.07. The molecular weight excluding hydrogens is 351 g/mol. The van der Waals surface area contributed by atoms with E-state index >= 15 is 0 Å². The number of aromatic amines is 1. The van der Waals surface area contributed by atoms with Gasteiger partial charge in [-0.3, -0.25) is 15.2 Å². The monoisotopic (exact) mass is 360 g/mol. The summed E-state index contributed by atoms with van der Waals surface area (Å²) in [5.41, 5.74) is 1.16. The standard InChI is InChI=1S/C15H10BrFN4O/c16-12-4-2-1-3-11(12)13-18-15(21-20-13)19-14(22)9-5-7-10(17)8-6-9/h1-8H,(H2,18,19,20,21,22). The Morgan fingerprint density at radius 2 is 1.86 bits per heavy atom. The van der Waals surface area contributed by atoms with Crippen LogP contribution in [0.2, 0.25) is 0 Å². The van der Waals surface area contributed by atoms with Gasteiger partial charge in [0.1, 0.15) is 5.82 Å². The van der Waals surface area contributed by atoms with Crippen LogP contribution in [0.3, 0.4) is 0 Å². The van der Waals surface area contributed by atoms with E-state index in [0.717, 1.165) is 10.0 Å². The third kappa shape index (κ3) is 3.04. The van der Waals surface area contributed by atoms with Crippen LogP contribution in [-0.2, 0) is 0 Å². The molecule has 3 rings (SSSR count). The maximum atomic E-state index is 12.8. The van der Waals surface area contributed by atoms with Crippen molar-refractivity contribution < 1.29 is 9.18 Å². The van der Waals surface area contributed by atoms with E-state index in [1.165, 1.54) is 24.3 Å². The third-order valence-corrected chi connectivity index (χ3v) is 3.64. The molecule has 0 bridgehead atoms. The first kappa shape index (κ1) is 14.4. The highest BCUT2D eigenvalue weighted by atomic mass is 79.9. The number of H-pyrrole nitrogens is 1. The fourth-order valence-electron chi connectivity index (χ4n) is 1.87. The Morgan fingerprint density at radius 3 is 2.59 bits per heavy atom.